The fourth-order valence-electron chi connectivity index (χ4n) is 3.67. The van der Waals surface area contributed by atoms with E-state index in [0.717, 1.165) is 17.4 Å². The van der Waals surface area contributed by atoms with Gasteiger partial charge in [0.25, 0.3) is 0 Å². The predicted octanol–water partition coefficient (Wildman–Crippen LogP) is 6.30. The maximum atomic E-state index is 5.42. The molecular weight excluding hydrogens is 252 g/mol. The van der Waals surface area contributed by atoms with Crippen molar-refractivity contribution in [3.05, 3.63) is 35.4 Å². The largest absolute Gasteiger partial charge is 0.115 e. The molecule has 0 nitrogen and oxygen atoms in total. The molecule has 2 rings (SSSR count). The highest BCUT2D eigenvalue weighted by molar-refractivity contribution is 5.35. The maximum absolute atomic E-state index is 5.42. The average Bonchev–Trinajstić information content (AvgIpc) is 2.55. The second kappa shape index (κ2) is 8.93. The average molecular weight is 282 g/mol. The molecule has 0 bridgehead atoms. The van der Waals surface area contributed by atoms with Gasteiger partial charge in [-0.15, -0.1) is 6.42 Å². The minimum Gasteiger partial charge on any atom is -0.115 e. The van der Waals surface area contributed by atoms with Gasteiger partial charge >= 0.3 is 0 Å². The molecule has 1 aliphatic carbocycles. The zero-order valence-corrected chi connectivity index (χ0v) is 13.6. The second-order valence-electron chi connectivity index (χ2n) is 6.69. The second-order valence-corrected chi connectivity index (χ2v) is 6.69. The van der Waals surface area contributed by atoms with Crippen LogP contribution in [0.5, 0.6) is 0 Å². The number of hydrogen-bond donors (Lipinski definition) is 0. The Kier molecular flexibility index (Phi) is 6.87. The third-order valence-electron chi connectivity index (χ3n) is 5.11. The van der Waals surface area contributed by atoms with E-state index >= 15 is 0 Å². The Morgan fingerprint density at radius 3 is 2.24 bits per heavy atom. The van der Waals surface area contributed by atoms with Gasteiger partial charge < -0.3 is 0 Å². The first-order valence-electron chi connectivity index (χ1n) is 8.90. The highest BCUT2D eigenvalue weighted by Crippen LogP contribution is 2.37. The Morgan fingerprint density at radius 2 is 1.62 bits per heavy atom. The Morgan fingerprint density at radius 1 is 0.952 bits per heavy atom. The van der Waals surface area contributed by atoms with Crippen LogP contribution in [-0.4, -0.2) is 0 Å². The monoisotopic (exact) mass is 282 g/mol. The van der Waals surface area contributed by atoms with Gasteiger partial charge in [0, 0.05) is 5.56 Å². The number of terminal acetylenes is 1. The molecule has 1 saturated carbocycles. The molecule has 1 aliphatic rings. The summed E-state index contributed by atoms with van der Waals surface area (Å²) in [6.45, 7) is 2.29. The van der Waals surface area contributed by atoms with Crippen LogP contribution < -0.4 is 0 Å². The number of unbranched alkanes of at least 4 members (excludes halogenated alkanes) is 4. The van der Waals surface area contributed by atoms with Crippen LogP contribution >= 0.6 is 0 Å². The fraction of sp³-hybridized carbons (Fsp3) is 0.619. The van der Waals surface area contributed by atoms with Crippen molar-refractivity contribution >= 4 is 0 Å². The van der Waals surface area contributed by atoms with Gasteiger partial charge in [-0.05, 0) is 55.2 Å². The Labute approximate surface area is 131 Å². The van der Waals surface area contributed by atoms with E-state index in [-0.39, 0.29) is 0 Å². The van der Waals surface area contributed by atoms with E-state index in [9.17, 15) is 0 Å². The third-order valence-corrected chi connectivity index (χ3v) is 5.11. The van der Waals surface area contributed by atoms with E-state index in [0.29, 0.717) is 0 Å². The maximum Gasteiger partial charge on any atom is 0.0242 e. The molecule has 0 amide bonds. The van der Waals surface area contributed by atoms with Crippen LogP contribution in [0.4, 0.5) is 0 Å². The SMILES string of the molecule is C#Cc1ccc(C2CCC(CCCCCCC)CC2)cc1. The van der Waals surface area contributed by atoms with Crippen molar-refractivity contribution < 1.29 is 0 Å². The predicted molar refractivity (Wildman–Crippen MR) is 92.5 cm³/mol. The first kappa shape index (κ1) is 16.2. The summed E-state index contributed by atoms with van der Waals surface area (Å²) in [4.78, 5) is 0. The Hall–Kier alpha value is -1.22. The quantitative estimate of drug-likeness (QED) is 0.406. The van der Waals surface area contributed by atoms with Gasteiger partial charge in [0.1, 0.15) is 0 Å². The lowest BCUT2D eigenvalue weighted by Crippen LogP contribution is -2.13. The molecule has 0 heterocycles. The third kappa shape index (κ3) is 5.24. The van der Waals surface area contributed by atoms with Crippen molar-refractivity contribution in [3.63, 3.8) is 0 Å². The van der Waals surface area contributed by atoms with Gasteiger partial charge in [-0.2, -0.15) is 0 Å². The zero-order chi connectivity index (χ0) is 14.9. The molecule has 1 fully saturated rings. The molecule has 0 spiro atoms. The lowest BCUT2D eigenvalue weighted by atomic mass is 9.77. The van der Waals surface area contributed by atoms with Crippen LogP contribution in [0.15, 0.2) is 24.3 Å². The van der Waals surface area contributed by atoms with Crippen LogP contribution in [0.3, 0.4) is 0 Å². The molecule has 114 valence electrons. The lowest BCUT2D eigenvalue weighted by Gasteiger charge is -2.29. The van der Waals surface area contributed by atoms with Crippen molar-refractivity contribution in [2.75, 3.05) is 0 Å². The summed E-state index contributed by atoms with van der Waals surface area (Å²) in [6, 6.07) is 8.67. The van der Waals surface area contributed by atoms with Crippen LogP contribution in [0.25, 0.3) is 0 Å². The number of benzene rings is 1. The molecule has 0 aliphatic heterocycles. The van der Waals surface area contributed by atoms with Crippen LogP contribution in [0.2, 0.25) is 0 Å². The van der Waals surface area contributed by atoms with Gasteiger partial charge in [0.05, 0.1) is 0 Å². The molecule has 0 aromatic heterocycles. The lowest BCUT2D eigenvalue weighted by molar-refractivity contribution is 0.302. The molecule has 1 aromatic rings. The van der Waals surface area contributed by atoms with E-state index in [4.69, 9.17) is 6.42 Å². The van der Waals surface area contributed by atoms with Crippen LogP contribution in [0.1, 0.15) is 88.2 Å². The molecule has 0 unspecified atom stereocenters. The highest BCUT2D eigenvalue weighted by Gasteiger charge is 2.21. The fourth-order valence-corrected chi connectivity index (χ4v) is 3.67. The van der Waals surface area contributed by atoms with E-state index in [2.05, 4.69) is 37.1 Å². The van der Waals surface area contributed by atoms with Crippen molar-refractivity contribution in [2.24, 2.45) is 5.92 Å². The van der Waals surface area contributed by atoms with E-state index < -0.39 is 0 Å². The zero-order valence-electron chi connectivity index (χ0n) is 13.6. The van der Waals surface area contributed by atoms with Gasteiger partial charge in [-0.25, -0.2) is 0 Å². The van der Waals surface area contributed by atoms with E-state index in [1.165, 1.54) is 69.8 Å². The minimum atomic E-state index is 0.771. The van der Waals surface area contributed by atoms with E-state index in [1.807, 2.05) is 0 Å². The first-order chi connectivity index (χ1) is 10.3. The van der Waals surface area contributed by atoms with E-state index in [1.54, 1.807) is 0 Å². The van der Waals surface area contributed by atoms with Crippen LogP contribution in [-0.2, 0) is 0 Å². The Balaban J connectivity index is 1.69. The van der Waals surface area contributed by atoms with Gasteiger partial charge in [-0.3, -0.25) is 0 Å². The molecule has 21 heavy (non-hydrogen) atoms. The topological polar surface area (TPSA) is 0 Å². The smallest absolute Gasteiger partial charge is 0.0242 e. The van der Waals surface area contributed by atoms with Crippen LogP contribution in [0, 0.1) is 18.3 Å². The number of rotatable bonds is 7. The molecule has 0 saturated heterocycles. The van der Waals surface area contributed by atoms with Gasteiger partial charge in [0.15, 0.2) is 0 Å². The minimum absolute atomic E-state index is 0.771. The summed E-state index contributed by atoms with van der Waals surface area (Å²) in [5, 5.41) is 0. The van der Waals surface area contributed by atoms with Crippen molar-refractivity contribution in [3.8, 4) is 12.3 Å². The number of hydrogen-bond acceptors (Lipinski definition) is 0. The van der Waals surface area contributed by atoms with Gasteiger partial charge in [0.2, 0.25) is 0 Å². The summed E-state index contributed by atoms with van der Waals surface area (Å²) in [5.41, 5.74) is 2.50. The summed E-state index contributed by atoms with van der Waals surface area (Å²) < 4.78 is 0. The van der Waals surface area contributed by atoms with Crippen molar-refractivity contribution in [2.45, 2.75) is 77.0 Å². The van der Waals surface area contributed by atoms with Crippen molar-refractivity contribution in [1.29, 1.82) is 0 Å². The molecule has 0 N–H and O–H groups in total. The summed E-state index contributed by atoms with van der Waals surface area (Å²) >= 11 is 0. The standard InChI is InChI=1S/C21H30/c1-3-5-6-7-8-9-19-12-16-21(17-13-19)20-14-10-18(4-2)11-15-20/h2,10-11,14-15,19,21H,3,5-9,12-13,16-17H2,1H3. The summed E-state index contributed by atoms with van der Waals surface area (Å²) in [5.74, 6) is 4.47. The first-order valence-corrected chi connectivity index (χ1v) is 8.90. The summed E-state index contributed by atoms with van der Waals surface area (Å²) in [7, 11) is 0. The normalized spacial score (nSPS) is 21.9. The Bertz CT molecular complexity index is 426. The van der Waals surface area contributed by atoms with Gasteiger partial charge in [-0.1, -0.05) is 63.5 Å². The molecule has 0 atom stereocenters. The summed E-state index contributed by atoms with van der Waals surface area (Å²) in [6.07, 6.45) is 19.6. The molecule has 1 aromatic carbocycles. The molecular formula is C21H30. The molecule has 0 heteroatoms. The highest BCUT2D eigenvalue weighted by atomic mass is 14.3. The van der Waals surface area contributed by atoms with Crippen molar-refractivity contribution in [1.82, 2.24) is 0 Å². The molecule has 0 radical (unpaired) electrons.